The van der Waals surface area contributed by atoms with E-state index in [-0.39, 0.29) is 11.8 Å². The first kappa shape index (κ1) is 20.5. The minimum absolute atomic E-state index is 0.208. The summed E-state index contributed by atoms with van der Waals surface area (Å²) in [6.45, 7) is 5.01. The van der Waals surface area contributed by atoms with E-state index in [1.807, 2.05) is 19.2 Å². The van der Waals surface area contributed by atoms with Crippen LogP contribution in [0, 0.1) is 5.92 Å². The van der Waals surface area contributed by atoms with Gasteiger partial charge in [0.2, 0.25) is 0 Å². The molecular weight excluding hydrogens is 386 g/mol. The van der Waals surface area contributed by atoms with Crippen molar-refractivity contribution in [1.29, 1.82) is 0 Å². The van der Waals surface area contributed by atoms with Crippen molar-refractivity contribution in [2.45, 2.75) is 20.5 Å². The number of hydrogen-bond acceptors (Lipinski definition) is 5. The van der Waals surface area contributed by atoms with Crippen LogP contribution in [-0.2, 0) is 6.61 Å². The van der Waals surface area contributed by atoms with Crippen molar-refractivity contribution in [3.63, 3.8) is 0 Å². The second kappa shape index (κ2) is 9.84. The van der Waals surface area contributed by atoms with Crippen molar-refractivity contribution in [2.75, 3.05) is 11.9 Å². The van der Waals surface area contributed by atoms with E-state index >= 15 is 0 Å². The molecule has 0 fully saturated rings. The molecule has 150 valence electrons. The molecule has 6 nitrogen and oxygen atoms in total. The van der Waals surface area contributed by atoms with Gasteiger partial charge in [0.05, 0.1) is 22.5 Å². The van der Waals surface area contributed by atoms with Crippen LogP contribution in [0.5, 0.6) is 5.75 Å². The Labute approximate surface area is 173 Å². The Morgan fingerprint density at radius 3 is 2.52 bits per heavy atom. The predicted molar refractivity (Wildman–Crippen MR) is 114 cm³/mol. The minimum Gasteiger partial charge on any atom is -0.487 e. The molecule has 1 aromatic heterocycles. The molecule has 0 radical (unpaired) electrons. The van der Waals surface area contributed by atoms with Crippen molar-refractivity contribution in [2.24, 2.45) is 5.92 Å². The van der Waals surface area contributed by atoms with Gasteiger partial charge in [-0.1, -0.05) is 26.0 Å². The van der Waals surface area contributed by atoms with Gasteiger partial charge in [0, 0.05) is 17.5 Å². The van der Waals surface area contributed by atoms with E-state index in [0.717, 1.165) is 5.69 Å². The molecule has 0 unspecified atom stereocenters. The topological polar surface area (TPSA) is 80.3 Å². The molecular formula is C22H23N3O3S. The van der Waals surface area contributed by atoms with Crippen molar-refractivity contribution < 1.29 is 14.3 Å². The van der Waals surface area contributed by atoms with Crippen LogP contribution >= 0.6 is 11.3 Å². The summed E-state index contributed by atoms with van der Waals surface area (Å²) < 4.78 is 5.66. The SMILES string of the molecule is CC(C)CNC(=O)c1ccccc1NC(=O)c1ccc(OCc2cscn2)cc1. The largest absolute Gasteiger partial charge is 0.487 e. The fraction of sp³-hybridized carbons (Fsp3) is 0.227. The van der Waals surface area contributed by atoms with Gasteiger partial charge in [0.25, 0.3) is 11.8 Å². The molecule has 0 aliphatic rings. The normalized spacial score (nSPS) is 10.6. The van der Waals surface area contributed by atoms with E-state index in [2.05, 4.69) is 15.6 Å². The van der Waals surface area contributed by atoms with Gasteiger partial charge in [0.1, 0.15) is 12.4 Å². The first-order valence-electron chi connectivity index (χ1n) is 9.31. The molecule has 0 saturated heterocycles. The third kappa shape index (κ3) is 5.89. The Balaban J connectivity index is 1.63. The van der Waals surface area contributed by atoms with Crippen LogP contribution < -0.4 is 15.4 Å². The van der Waals surface area contributed by atoms with Crippen LogP contribution in [0.3, 0.4) is 0 Å². The second-order valence-electron chi connectivity index (χ2n) is 6.90. The first-order chi connectivity index (χ1) is 14.0. The van der Waals surface area contributed by atoms with Crippen LogP contribution in [0.15, 0.2) is 59.4 Å². The molecule has 0 bridgehead atoms. The van der Waals surface area contributed by atoms with Crippen LogP contribution in [-0.4, -0.2) is 23.3 Å². The summed E-state index contributed by atoms with van der Waals surface area (Å²) in [6.07, 6.45) is 0. The Bertz CT molecular complexity index is 954. The number of nitrogens with zero attached hydrogens (tertiary/aromatic N) is 1. The van der Waals surface area contributed by atoms with Gasteiger partial charge in [-0.2, -0.15) is 0 Å². The third-order valence-corrected chi connectivity index (χ3v) is 4.71. The molecule has 2 aromatic carbocycles. The van der Waals surface area contributed by atoms with Gasteiger partial charge in [-0.25, -0.2) is 4.98 Å². The fourth-order valence-electron chi connectivity index (χ4n) is 2.55. The molecule has 3 aromatic rings. The fourth-order valence-corrected chi connectivity index (χ4v) is 3.09. The van der Waals surface area contributed by atoms with Gasteiger partial charge >= 0.3 is 0 Å². The summed E-state index contributed by atoms with van der Waals surface area (Å²) in [4.78, 5) is 29.2. The zero-order valence-electron chi connectivity index (χ0n) is 16.3. The summed E-state index contributed by atoms with van der Waals surface area (Å²) in [5, 5.41) is 7.62. The van der Waals surface area contributed by atoms with Crippen molar-refractivity contribution >= 4 is 28.8 Å². The summed E-state index contributed by atoms with van der Waals surface area (Å²) in [7, 11) is 0. The van der Waals surface area contributed by atoms with Gasteiger partial charge in [-0.05, 0) is 42.3 Å². The molecule has 7 heteroatoms. The van der Waals surface area contributed by atoms with E-state index in [1.165, 1.54) is 11.3 Å². The van der Waals surface area contributed by atoms with Crippen molar-refractivity contribution in [1.82, 2.24) is 10.3 Å². The van der Waals surface area contributed by atoms with Crippen LogP contribution in [0.4, 0.5) is 5.69 Å². The number of carbonyl (C=O) groups is 2. The molecule has 1 heterocycles. The number of aromatic nitrogens is 1. The van der Waals surface area contributed by atoms with E-state index in [4.69, 9.17) is 4.74 Å². The monoisotopic (exact) mass is 409 g/mol. The number of ether oxygens (including phenoxy) is 1. The van der Waals surface area contributed by atoms with E-state index in [0.29, 0.717) is 41.6 Å². The lowest BCUT2D eigenvalue weighted by atomic mass is 10.1. The predicted octanol–water partition coefficient (Wildman–Crippen LogP) is 4.36. The van der Waals surface area contributed by atoms with Crippen LogP contribution in [0.1, 0.15) is 40.3 Å². The average molecular weight is 410 g/mol. The first-order valence-corrected chi connectivity index (χ1v) is 10.3. The second-order valence-corrected chi connectivity index (χ2v) is 7.62. The summed E-state index contributed by atoms with van der Waals surface area (Å²) in [6, 6.07) is 13.8. The number of para-hydroxylation sites is 1. The molecule has 29 heavy (non-hydrogen) atoms. The highest BCUT2D eigenvalue weighted by atomic mass is 32.1. The highest BCUT2D eigenvalue weighted by Gasteiger charge is 2.14. The molecule has 3 rings (SSSR count). The quantitative estimate of drug-likeness (QED) is 0.579. The highest BCUT2D eigenvalue weighted by Crippen LogP contribution is 2.18. The lowest BCUT2D eigenvalue weighted by Crippen LogP contribution is -2.28. The minimum atomic E-state index is -0.292. The zero-order valence-corrected chi connectivity index (χ0v) is 17.2. The molecule has 0 atom stereocenters. The molecule has 0 aliphatic carbocycles. The number of amides is 2. The Morgan fingerprint density at radius 1 is 1.07 bits per heavy atom. The lowest BCUT2D eigenvalue weighted by molar-refractivity contribution is 0.0950. The van der Waals surface area contributed by atoms with E-state index in [9.17, 15) is 9.59 Å². The third-order valence-electron chi connectivity index (χ3n) is 4.08. The number of anilines is 1. The average Bonchev–Trinajstić information content (AvgIpc) is 3.25. The van der Waals surface area contributed by atoms with E-state index < -0.39 is 0 Å². The van der Waals surface area contributed by atoms with Crippen LogP contribution in [0.2, 0.25) is 0 Å². The Hall–Kier alpha value is -3.19. The van der Waals surface area contributed by atoms with E-state index in [1.54, 1.807) is 54.0 Å². The standard InChI is InChI=1S/C22H23N3O3S/c1-15(2)11-23-22(27)19-5-3-4-6-20(19)25-21(26)16-7-9-18(10-8-16)28-12-17-13-29-14-24-17/h3-10,13-15H,11-12H2,1-2H3,(H,23,27)(H,25,26). The van der Waals surface area contributed by atoms with Gasteiger partial charge < -0.3 is 15.4 Å². The lowest BCUT2D eigenvalue weighted by Gasteiger charge is -2.13. The van der Waals surface area contributed by atoms with Crippen molar-refractivity contribution in [3.8, 4) is 5.75 Å². The number of thiazole rings is 1. The van der Waals surface area contributed by atoms with Gasteiger partial charge in [0.15, 0.2) is 0 Å². The number of nitrogens with one attached hydrogen (secondary N) is 2. The Kier molecular flexibility index (Phi) is 6.97. The maximum absolute atomic E-state index is 12.6. The summed E-state index contributed by atoms with van der Waals surface area (Å²) >= 11 is 1.52. The van der Waals surface area contributed by atoms with Gasteiger partial charge in [-0.15, -0.1) is 11.3 Å². The summed E-state index contributed by atoms with van der Waals surface area (Å²) in [5.41, 5.74) is 4.01. The van der Waals surface area contributed by atoms with Gasteiger partial charge in [-0.3, -0.25) is 9.59 Å². The summed E-state index contributed by atoms with van der Waals surface area (Å²) in [5.74, 6) is 0.500. The number of hydrogen-bond donors (Lipinski definition) is 2. The number of carbonyl (C=O) groups excluding carboxylic acids is 2. The smallest absolute Gasteiger partial charge is 0.255 e. The van der Waals surface area contributed by atoms with Crippen molar-refractivity contribution in [3.05, 3.63) is 76.2 Å². The number of rotatable bonds is 8. The molecule has 0 aliphatic heterocycles. The Morgan fingerprint density at radius 2 is 1.83 bits per heavy atom. The maximum atomic E-state index is 12.6. The number of benzene rings is 2. The highest BCUT2D eigenvalue weighted by molar-refractivity contribution is 7.07. The zero-order chi connectivity index (χ0) is 20.6. The maximum Gasteiger partial charge on any atom is 0.255 e. The van der Waals surface area contributed by atoms with Crippen LogP contribution in [0.25, 0.3) is 0 Å². The molecule has 2 N–H and O–H groups in total. The molecule has 0 spiro atoms. The molecule has 0 saturated carbocycles. The molecule has 2 amide bonds.